The molecule has 3 heteroatoms. The number of halogens is 1. The molecule has 0 aliphatic heterocycles. The van der Waals surface area contributed by atoms with Crippen LogP contribution < -0.4 is 0 Å². The minimum atomic E-state index is -0.372. The monoisotopic (exact) mass is 274 g/mol. The maximum absolute atomic E-state index is 10.2. The molecule has 17 heavy (non-hydrogen) atoms. The second kappa shape index (κ2) is 5.73. The zero-order valence-corrected chi connectivity index (χ0v) is 13.0. The summed E-state index contributed by atoms with van der Waals surface area (Å²) in [7, 11) is 0. The Balaban J connectivity index is 2.57. The fourth-order valence-corrected chi connectivity index (χ4v) is 3.49. The van der Waals surface area contributed by atoms with Gasteiger partial charge in [0.05, 0.1) is 10.4 Å². The Bertz CT molecular complexity index is 345. The van der Waals surface area contributed by atoms with E-state index in [-0.39, 0.29) is 6.10 Å². The highest BCUT2D eigenvalue weighted by atomic mass is 35.5. The molecule has 0 fully saturated rings. The predicted molar refractivity (Wildman–Crippen MR) is 76.9 cm³/mol. The molecular formula is C14H23ClOS. The summed E-state index contributed by atoms with van der Waals surface area (Å²) >= 11 is 7.52. The van der Waals surface area contributed by atoms with Crippen LogP contribution in [0.3, 0.4) is 0 Å². The lowest BCUT2D eigenvalue weighted by molar-refractivity contribution is 0.137. The first kappa shape index (κ1) is 15.0. The van der Waals surface area contributed by atoms with Gasteiger partial charge in [-0.15, -0.1) is 11.3 Å². The van der Waals surface area contributed by atoms with Gasteiger partial charge in [-0.05, 0) is 42.7 Å². The molecule has 1 aromatic rings. The molecule has 0 aliphatic carbocycles. The van der Waals surface area contributed by atoms with Crippen LogP contribution in [0.15, 0.2) is 6.07 Å². The van der Waals surface area contributed by atoms with E-state index in [0.717, 1.165) is 27.6 Å². The summed E-state index contributed by atoms with van der Waals surface area (Å²) in [6.07, 6.45) is 1.57. The van der Waals surface area contributed by atoms with Gasteiger partial charge < -0.3 is 5.11 Å². The molecule has 0 saturated carbocycles. The van der Waals surface area contributed by atoms with Crippen LogP contribution in [0.1, 0.15) is 57.1 Å². The summed E-state index contributed by atoms with van der Waals surface area (Å²) in [5.74, 6) is 0.520. The average Bonchev–Trinajstić information content (AvgIpc) is 2.43. The standard InChI is InChI=1S/C14H23ClOS/c1-9(8-14(3,4)5)6-11(16)12-7-10(2)13(15)17-12/h7,9,11,16H,6,8H2,1-5H3. The lowest BCUT2D eigenvalue weighted by Gasteiger charge is -2.24. The van der Waals surface area contributed by atoms with Crippen molar-refractivity contribution in [2.75, 3.05) is 0 Å². The molecule has 98 valence electrons. The molecule has 0 saturated heterocycles. The highest BCUT2D eigenvalue weighted by molar-refractivity contribution is 7.16. The second-order valence-electron chi connectivity index (χ2n) is 6.23. The highest BCUT2D eigenvalue weighted by Crippen LogP contribution is 2.35. The van der Waals surface area contributed by atoms with Crippen molar-refractivity contribution in [2.24, 2.45) is 11.3 Å². The topological polar surface area (TPSA) is 20.2 Å². The van der Waals surface area contributed by atoms with Crippen molar-refractivity contribution in [3.63, 3.8) is 0 Å². The minimum absolute atomic E-state index is 0.322. The van der Waals surface area contributed by atoms with Crippen LogP contribution in [0.25, 0.3) is 0 Å². The normalized spacial score (nSPS) is 15.9. The maximum Gasteiger partial charge on any atom is 0.0961 e. The summed E-state index contributed by atoms with van der Waals surface area (Å²) in [6, 6.07) is 2.00. The molecule has 0 bridgehead atoms. The van der Waals surface area contributed by atoms with E-state index in [1.807, 2.05) is 13.0 Å². The average molecular weight is 275 g/mol. The molecule has 0 radical (unpaired) electrons. The third-order valence-corrected chi connectivity index (χ3v) is 4.45. The first-order chi connectivity index (χ1) is 7.69. The SMILES string of the molecule is Cc1cc(C(O)CC(C)CC(C)(C)C)sc1Cl. The molecule has 1 N–H and O–H groups in total. The zero-order chi connectivity index (χ0) is 13.2. The first-order valence-electron chi connectivity index (χ1n) is 6.13. The number of hydrogen-bond acceptors (Lipinski definition) is 2. The van der Waals surface area contributed by atoms with Gasteiger partial charge in [0.15, 0.2) is 0 Å². The van der Waals surface area contributed by atoms with Gasteiger partial charge in [-0.25, -0.2) is 0 Å². The zero-order valence-electron chi connectivity index (χ0n) is 11.4. The van der Waals surface area contributed by atoms with E-state index in [1.165, 1.54) is 11.3 Å². The Morgan fingerprint density at radius 1 is 1.41 bits per heavy atom. The van der Waals surface area contributed by atoms with Crippen LogP contribution in [0.4, 0.5) is 0 Å². The Morgan fingerprint density at radius 3 is 2.41 bits per heavy atom. The second-order valence-corrected chi connectivity index (χ2v) is 7.91. The predicted octanol–water partition coefficient (Wildman–Crippen LogP) is 5.21. The van der Waals surface area contributed by atoms with Crippen LogP contribution >= 0.6 is 22.9 Å². The van der Waals surface area contributed by atoms with Gasteiger partial charge in [-0.2, -0.15) is 0 Å². The fraction of sp³-hybridized carbons (Fsp3) is 0.714. The Labute approximate surface area is 114 Å². The maximum atomic E-state index is 10.2. The van der Waals surface area contributed by atoms with Crippen molar-refractivity contribution in [2.45, 2.75) is 53.6 Å². The van der Waals surface area contributed by atoms with Crippen LogP contribution in [0.2, 0.25) is 4.34 Å². The molecule has 1 nitrogen and oxygen atoms in total. The number of hydrogen-bond donors (Lipinski definition) is 1. The quantitative estimate of drug-likeness (QED) is 0.799. The molecule has 2 unspecified atom stereocenters. The number of aliphatic hydroxyl groups is 1. The van der Waals surface area contributed by atoms with Crippen LogP contribution in [0.5, 0.6) is 0 Å². The molecule has 1 aromatic heterocycles. The first-order valence-corrected chi connectivity index (χ1v) is 7.32. The number of aryl methyl sites for hydroxylation is 1. The van der Waals surface area contributed by atoms with Crippen LogP contribution in [0, 0.1) is 18.3 Å². The largest absolute Gasteiger partial charge is 0.388 e. The Morgan fingerprint density at radius 2 is 2.00 bits per heavy atom. The summed E-state index contributed by atoms with van der Waals surface area (Å²) in [5, 5.41) is 10.2. The number of thiophene rings is 1. The van der Waals surface area contributed by atoms with Crippen LogP contribution in [-0.2, 0) is 0 Å². The Kier molecular flexibility index (Phi) is 5.06. The smallest absolute Gasteiger partial charge is 0.0961 e. The molecule has 0 aliphatic rings. The van der Waals surface area contributed by atoms with Crippen molar-refractivity contribution in [3.8, 4) is 0 Å². The number of aliphatic hydroxyl groups excluding tert-OH is 1. The highest BCUT2D eigenvalue weighted by Gasteiger charge is 2.20. The summed E-state index contributed by atoms with van der Waals surface area (Å²) in [4.78, 5) is 0.994. The summed E-state index contributed by atoms with van der Waals surface area (Å²) < 4.78 is 0.794. The van der Waals surface area contributed by atoms with Crippen molar-refractivity contribution < 1.29 is 5.11 Å². The third-order valence-electron chi connectivity index (χ3n) is 2.79. The van der Waals surface area contributed by atoms with Gasteiger partial charge in [0.1, 0.15) is 0 Å². The van der Waals surface area contributed by atoms with Gasteiger partial charge >= 0.3 is 0 Å². The van der Waals surface area contributed by atoms with E-state index < -0.39 is 0 Å². The molecule has 0 aromatic carbocycles. The molecule has 0 spiro atoms. The van der Waals surface area contributed by atoms with Crippen LogP contribution in [-0.4, -0.2) is 5.11 Å². The van der Waals surface area contributed by atoms with E-state index in [0.29, 0.717) is 11.3 Å². The van der Waals surface area contributed by atoms with Gasteiger partial charge in [-0.3, -0.25) is 0 Å². The van der Waals surface area contributed by atoms with E-state index in [2.05, 4.69) is 27.7 Å². The molecule has 1 heterocycles. The fourth-order valence-electron chi connectivity index (χ4n) is 2.27. The summed E-state index contributed by atoms with van der Waals surface area (Å²) in [5.41, 5.74) is 1.39. The van der Waals surface area contributed by atoms with E-state index in [4.69, 9.17) is 11.6 Å². The minimum Gasteiger partial charge on any atom is -0.388 e. The summed E-state index contributed by atoms with van der Waals surface area (Å²) in [6.45, 7) is 10.9. The van der Waals surface area contributed by atoms with E-state index >= 15 is 0 Å². The lowest BCUT2D eigenvalue weighted by Crippen LogP contribution is -2.13. The number of rotatable bonds is 4. The Hall–Kier alpha value is -0.0500. The molecular weight excluding hydrogens is 252 g/mol. The van der Waals surface area contributed by atoms with E-state index in [9.17, 15) is 5.11 Å². The van der Waals surface area contributed by atoms with Crippen molar-refractivity contribution in [1.29, 1.82) is 0 Å². The van der Waals surface area contributed by atoms with Gasteiger partial charge in [0.2, 0.25) is 0 Å². The molecule has 2 atom stereocenters. The molecule has 1 rings (SSSR count). The van der Waals surface area contributed by atoms with Crippen molar-refractivity contribution in [3.05, 3.63) is 20.8 Å². The third kappa shape index (κ3) is 4.99. The van der Waals surface area contributed by atoms with Gasteiger partial charge in [0.25, 0.3) is 0 Å². The van der Waals surface area contributed by atoms with Crippen molar-refractivity contribution >= 4 is 22.9 Å². The van der Waals surface area contributed by atoms with Gasteiger partial charge in [-0.1, -0.05) is 39.3 Å². The van der Waals surface area contributed by atoms with Gasteiger partial charge in [0, 0.05) is 4.88 Å². The lowest BCUT2D eigenvalue weighted by atomic mass is 9.83. The van der Waals surface area contributed by atoms with E-state index in [1.54, 1.807) is 0 Å². The van der Waals surface area contributed by atoms with Crippen molar-refractivity contribution in [1.82, 2.24) is 0 Å². The molecule has 0 amide bonds.